The van der Waals surface area contributed by atoms with Crippen LogP contribution in [-0.4, -0.2) is 30.1 Å². The van der Waals surface area contributed by atoms with Crippen LogP contribution in [0, 0.1) is 5.92 Å². The SMILES string of the molecule is CCCC1CC1NC(=NCCc1ncc(CC)s1)NCC. The van der Waals surface area contributed by atoms with Gasteiger partial charge in [-0.25, -0.2) is 4.98 Å². The molecule has 2 unspecified atom stereocenters. The van der Waals surface area contributed by atoms with E-state index < -0.39 is 0 Å². The maximum atomic E-state index is 4.68. The molecular weight excluding hydrogens is 280 g/mol. The topological polar surface area (TPSA) is 49.3 Å². The smallest absolute Gasteiger partial charge is 0.191 e. The standard InChI is InChI=1S/C16H28N4S/c1-4-7-12-10-14(12)20-16(17-6-3)18-9-8-15-19-11-13(5-2)21-15/h11-12,14H,4-10H2,1-3H3,(H2,17,18,20). The van der Waals surface area contributed by atoms with Gasteiger partial charge in [-0.05, 0) is 32.1 Å². The molecule has 0 aromatic carbocycles. The largest absolute Gasteiger partial charge is 0.357 e. The van der Waals surface area contributed by atoms with Crippen molar-refractivity contribution < 1.29 is 0 Å². The van der Waals surface area contributed by atoms with Crippen molar-refractivity contribution in [2.45, 2.75) is 58.9 Å². The summed E-state index contributed by atoms with van der Waals surface area (Å²) < 4.78 is 0. The Bertz CT molecular complexity index is 455. The van der Waals surface area contributed by atoms with Crippen LogP contribution in [0.1, 0.15) is 49.9 Å². The van der Waals surface area contributed by atoms with Crippen molar-refractivity contribution in [2.24, 2.45) is 10.9 Å². The van der Waals surface area contributed by atoms with Crippen LogP contribution in [0.4, 0.5) is 0 Å². The average molecular weight is 308 g/mol. The third-order valence-electron chi connectivity index (χ3n) is 3.79. The number of aliphatic imine (C=N–C) groups is 1. The van der Waals surface area contributed by atoms with Gasteiger partial charge in [0, 0.05) is 36.6 Å². The molecule has 1 fully saturated rings. The zero-order valence-corrected chi connectivity index (χ0v) is 14.3. The molecule has 2 atom stereocenters. The molecule has 1 saturated carbocycles. The lowest BCUT2D eigenvalue weighted by Gasteiger charge is -2.10. The van der Waals surface area contributed by atoms with Gasteiger partial charge in [0.05, 0.1) is 5.01 Å². The highest BCUT2D eigenvalue weighted by Gasteiger charge is 2.36. The predicted octanol–water partition coefficient (Wildman–Crippen LogP) is 2.99. The molecule has 2 rings (SSSR count). The monoisotopic (exact) mass is 308 g/mol. The molecule has 0 bridgehead atoms. The van der Waals surface area contributed by atoms with Crippen molar-refractivity contribution in [3.63, 3.8) is 0 Å². The Kier molecular flexibility index (Phi) is 6.49. The molecule has 2 N–H and O–H groups in total. The summed E-state index contributed by atoms with van der Waals surface area (Å²) in [4.78, 5) is 10.5. The van der Waals surface area contributed by atoms with Crippen LogP contribution >= 0.6 is 11.3 Å². The molecule has 1 aromatic rings. The molecule has 1 heterocycles. The van der Waals surface area contributed by atoms with Crippen molar-refractivity contribution in [1.29, 1.82) is 0 Å². The minimum Gasteiger partial charge on any atom is -0.357 e. The van der Waals surface area contributed by atoms with E-state index in [0.717, 1.165) is 37.8 Å². The summed E-state index contributed by atoms with van der Waals surface area (Å²) in [6.45, 7) is 8.26. The number of hydrogen-bond donors (Lipinski definition) is 2. The summed E-state index contributed by atoms with van der Waals surface area (Å²) in [7, 11) is 0. The van der Waals surface area contributed by atoms with Gasteiger partial charge in [0.2, 0.25) is 0 Å². The fourth-order valence-electron chi connectivity index (χ4n) is 2.50. The van der Waals surface area contributed by atoms with Crippen molar-refractivity contribution in [3.8, 4) is 0 Å². The summed E-state index contributed by atoms with van der Waals surface area (Å²) in [6.07, 6.45) is 7.91. The second-order valence-electron chi connectivity index (χ2n) is 5.62. The van der Waals surface area contributed by atoms with E-state index in [0.29, 0.717) is 6.04 Å². The molecule has 4 nitrogen and oxygen atoms in total. The van der Waals surface area contributed by atoms with Gasteiger partial charge >= 0.3 is 0 Å². The van der Waals surface area contributed by atoms with Crippen LogP contribution < -0.4 is 10.6 Å². The molecule has 118 valence electrons. The molecule has 1 aliphatic carbocycles. The van der Waals surface area contributed by atoms with Gasteiger partial charge in [-0.1, -0.05) is 20.3 Å². The Morgan fingerprint density at radius 1 is 1.43 bits per heavy atom. The van der Waals surface area contributed by atoms with Gasteiger partial charge < -0.3 is 10.6 Å². The molecule has 1 aliphatic rings. The van der Waals surface area contributed by atoms with E-state index in [1.165, 1.54) is 29.1 Å². The van der Waals surface area contributed by atoms with Crippen molar-refractivity contribution in [2.75, 3.05) is 13.1 Å². The van der Waals surface area contributed by atoms with Crippen LogP contribution in [0.15, 0.2) is 11.2 Å². The van der Waals surface area contributed by atoms with Crippen LogP contribution in [0.3, 0.4) is 0 Å². The highest BCUT2D eigenvalue weighted by Crippen LogP contribution is 2.34. The molecule has 0 saturated heterocycles. The summed E-state index contributed by atoms with van der Waals surface area (Å²) in [5, 5.41) is 8.09. The Labute approximate surface area is 132 Å². The first-order valence-corrected chi connectivity index (χ1v) is 9.06. The number of aromatic nitrogens is 1. The van der Waals surface area contributed by atoms with E-state index in [9.17, 15) is 0 Å². The number of aryl methyl sites for hydroxylation is 1. The van der Waals surface area contributed by atoms with Crippen LogP contribution in [0.5, 0.6) is 0 Å². The number of nitrogens with zero attached hydrogens (tertiary/aromatic N) is 2. The Balaban J connectivity index is 1.77. The van der Waals surface area contributed by atoms with E-state index in [1.54, 1.807) is 0 Å². The summed E-state index contributed by atoms with van der Waals surface area (Å²) in [5.41, 5.74) is 0. The second-order valence-corrected chi connectivity index (χ2v) is 6.82. The summed E-state index contributed by atoms with van der Waals surface area (Å²) >= 11 is 1.81. The highest BCUT2D eigenvalue weighted by molar-refractivity contribution is 7.11. The number of hydrogen-bond acceptors (Lipinski definition) is 3. The van der Waals surface area contributed by atoms with Crippen LogP contribution in [0.25, 0.3) is 0 Å². The molecule has 0 amide bonds. The van der Waals surface area contributed by atoms with E-state index in [4.69, 9.17) is 0 Å². The third-order valence-corrected chi connectivity index (χ3v) is 5.00. The lowest BCUT2D eigenvalue weighted by Crippen LogP contribution is -2.39. The van der Waals surface area contributed by atoms with Gasteiger partial charge in [-0.15, -0.1) is 11.3 Å². The first kappa shape index (κ1) is 16.3. The lowest BCUT2D eigenvalue weighted by molar-refractivity contribution is 0.655. The zero-order chi connectivity index (χ0) is 15.1. The number of nitrogens with one attached hydrogen (secondary N) is 2. The number of thiazole rings is 1. The van der Waals surface area contributed by atoms with Crippen molar-refractivity contribution in [3.05, 3.63) is 16.1 Å². The predicted molar refractivity (Wildman–Crippen MR) is 91.1 cm³/mol. The maximum Gasteiger partial charge on any atom is 0.191 e. The normalized spacial score (nSPS) is 21.4. The van der Waals surface area contributed by atoms with E-state index >= 15 is 0 Å². The number of guanidine groups is 1. The summed E-state index contributed by atoms with van der Waals surface area (Å²) in [5.74, 6) is 1.82. The molecule has 5 heteroatoms. The van der Waals surface area contributed by atoms with E-state index in [1.807, 2.05) is 17.5 Å². The fourth-order valence-corrected chi connectivity index (χ4v) is 3.35. The minimum absolute atomic E-state index is 0.634. The first-order valence-electron chi connectivity index (χ1n) is 8.25. The average Bonchev–Trinajstić information content (AvgIpc) is 3.03. The first-order chi connectivity index (χ1) is 10.3. The van der Waals surface area contributed by atoms with Gasteiger partial charge in [0.15, 0.2) is 5.96 Å². The quantitative estimate of drug-likeness (QED) is 0.573. The molecule has 1 aromatic heterocycles. The molecule has 0 radical (unpaired) electrons. The molecule has 21 heavy (non-hydrogen) atoms. The van der Waals surface area contributed by atoms with Gasteiger partial charge in [-0.3, -0.25) is 4.99 Å². The summed E-state index contributed by atoms with van der Waals surface area (Å²) in [6, 6.07) is 0.634. The number of rotatable bonds is 8. The molecule has 0 aliphatic heterocycles. The van der Waals surface area contributed by atoms with Crippen LogP contribution in [0.2, 0.25) is 0 Å². The fraction of sp³-hybridized carbons (Fsp3) is 0.750. The zero-order valence-electron chi connectivity index (χ0n) is 13.5. The lowest BCUT2D eigenvalue weighted by atomic mass is 10.2. The third kappa shape index (κ3) is 5.30. The van der Waals surface area contributed by atoms with E-state index in [2.05, 4.69) is 41.4 Å². The Hall–Kier alpha value is -1.10. The minimum atomic E-state index is 0.634. The molecule has 0 spiro atoms. The molecular formula is C16H28N4S. The Morgan fingerprint density at radius 2 is 2.29 bits per heavy atom. The van der Waals surface area contributed by atoms with E-state index in [-0.39, 0.29) is 0 Å². The van der Waals surface area contributed by atoms with Gasteiger partial charge in [0.1, 0.15) is 0 Å². The van der Waals surface area contributed by atoms with Gasteiger partial charge in [-0.2, -0.15) is 0 Å². The van der Waals surface area contributed by atoms with Crippen molar-refractivity contribution in [1.82, 2.24) is 15.6 Å². The van der Waals surface area contributed by atoms with Gasteiger partial charge in [0.25, 0.3) is 0 Å². The maximum absolute atomic E-state index is 4.68. The second kappa shape index (κ2) is 8.37. The van der Waals surface area contributed by atoms with Crippen LogP contribution in [-0.2, 0) is 12.8 Å². The highest BCUT2D eigenvalue weighted by atomic mass is 32.1. The van der Waals surface area contributed by atoms with Crippen molar-refractivity contribution >= 4 is 17.3 Å². The Morgan fingerprint density at radius 3 is 2.95 bits per heavy atom.